The number of ether oxygens (including phenoxy) is 1. The summed E-state index contributed by atoms with van der Waals surface area (Å²) in [6.07, 6.45) is 0. The molecule has 2 rings (SSSR count). The van der Waals surface area contributed by atoms with E-state index in [1.54, 1.807) is 11.3 Å². The second kappa shape index (κ2) is 4.74. The van der Waals surface area contributed by atoms with Gasteiger partial charge in [0.2, 0.25) is 0 Å². The van der Waals surface area contributed by atoms with Crippen molar-refractivity contribution in [3.63, 3.8) is 0 Å². The predicted octanol–water partition coefficient (Wildman–Crippen LogP) is 3.38. The van der Waals surface area contributed by atoms with E-state index in [9.17, 15) is 4.79 Å². The van der Waals surface area contributed by atoms with Crippen LogP contribution >= 0.6 is 21.8 Å². The van der Waals surface area contributed by atoms with E-state index in [0.717, 1.165) is 22.0 Å². The summed E-state index contributed by atoms with van der Waals surface area (Å²) in [7, 11) is 1.02. The predicted molar refractivity (Wildman–Crippen MR) is 75.1 cm³/mol. The van der Waals surface area contributed by atoms with Crippen LogP contribution in [0.4, 0.5) is 4.79 Å². The highest BCUT2D eigenvalue weighted by atomic mass is 32.2. The first-order valence-corrected chi connectivity index (χ1v) is 7.57. The van der Waals surface area contributed by atoms with Crippen LogP contribution < -0.4 is 0 Å². The Hall–Kier alpha value is -0.940. The fraction of sp³-hybridized carbons (Fsp3) is 0.417. The number of hydrogen-bond donors (Lipinski definition) is 0. The number of carbonyl (C=O) groups excluding carboxylic acids is 1. The number of allylic oxidation sites excluding steroid dienone is 1. The molecular formula is C12H15NO2S2. The van der Waals surface area contributed by atoms with E-state index >= 15 is 0 Å². The molecule has 1 aromatic rings. The molecule has 2 heterocycles. The average molecular weight is 269 g/mol. The number of carbonyl (C=O) groups is 1. The first kappa shape index (κ1) is 12.5. The number of aromatic nitrogens is 1. The van der Waals surface area contributed by atoms with Crippen molar-refractivity contribution < 1.29 is 9.53 Å². The van der Waals surface area contributed by atoms with Crippen molar-refractivity contribution in [1.82, 2.24) is 4.98 Å². The van der Waals surface area contributed by atoms with E-state index in [1.165, 1.54) is 17.6 Å². The lowest BCUT2D eigenvalue weighted by molar-refractivity contribution is 0.200. The molecule has 0 fully saturated rings. The lowest BCUT2D eigenvalue weighted by atomic mass is 10.2. The van der Waals surface area contributed by atoms with Gasteiger partial charge in [-0.2, -0.15) is 0 Å². The lowest BCUT2D eigenvalue weighted by Gasteiger charge is -1.99. The SMILES string of the molecule is COC(=O)S1=CC(c2nc(C)c(C)s2)=C(C)C1. The summed E-state index contributed by atoms with van der Waals surface area (Å²) in [4.78, 5) is 17.3. The maximum absolute atomic E-state index is 11.5. The van der Waals surface area contributed by atoms with E-state index in [1.807, 2.05) is 12.3 Å². The second-order valence-corrected chi connectivity index (χ2v) is 6.92. The Morgan fingerprint density at radius 2 is 2.18 bits per heavy atom. The van der Waals surface area contributed by atoms with Gasteiger partial charge < -0.3 is 4.74 Å². The maximum Gasteiger partial charge on any atom is 0.361 e. The van der Waals surface area contributed by atoms with Crippen LogP contribution in [0.2, 0.25) is 0 Å². The van der Waals surface area contributed by atoms with Crippen molar-refractivity contribution in [3.05, 3.63) is 21.2 Å². The number of aryl methyl sites for hydroxylation is 2. The Balaban J connectivity index is 2.35. The summed E-state index contributed by atoms with van der Waals surface area (Å²) in [6.45, 7) is 6.15. The van der Waals surface area contributed by atoms with Crippen molar-refractivity contribution in [2.24, 2.45) is 0 Å². The molecule has 3 nitrogen and oxygen atoms in total. The fourth-order valence-corrected chi connectivity index (χ4v) is 4.44. The van der Waals surface area contributed by atoms with Crippen molar-refractivity contribution in [2.45, 2.75) is 20.8 Å². The lowest BCUT2D eigenvalue weighted by Crippen LogP contribution is -1.95. The minimum atomic E-state index is -0.424. The minimum Gasteiger partial charge on any atom is -0.461 e. The molecule has 1 aliphatic heterocycles. The average Bonchev–Trinajstić information content (AvgIpc) is 2.82. The normalized spacial score (nSPS) is 19.4. The highest BCUT2D eigenvalue weighted by Gasteiger charge is 2.20. The van der Waals surface area contributed by atoms with Crippen LogP contribution in [-0.2, 0) is 4.74 Å². The zero-order valence-corrected chi connectivity index (χ0v) is 12.0. The van der Waals surface area contributed by atoms with Crippen LogP contribution in [0.3, 0.4) is 0 Å². The smallest absolute Gasteiger partial charge is 0.361 e. The highest BCUT2D eigenvalue weighted by molar-refractivity contribution is 8.28. The summed E-state index contributed by atoms with van der Waals surface area (Å²) >= 11 is 1.69. The van der Waals surface area contributed by atoms with E-state index in [2.05, 4.69) is 18.8 Å². The van der Waals surface area contributed by atoms with Crippen LogP contribution in [0.25, 0.3) is 5.57 Å². The van der Waals surface area contributed by atoms with Crippen molar-refractivity contribution >= 4 is 38.1 Å². The summed E-state index contributed by atoms with van der Waals surface area (Å²) in [5, 5.41) is 2.90. The first-order valence-electron chi connectivity index (χ1n) is 5.29. The number of hydrogen-bond acceptors (Lipinski definition) is 4. The Kier molecular flexibility index (Phi) is 3.49. The third-order valence-corrected chi connectivity index (χ3v) is 5.70. The molecule has 0 amide bonds. The molecule has 1 unspecified atom stereocenters. The molecule has 0 radical (unpaired) electrons. The molecule has 0 aliphatic carbocycles. The molecule has 17 heavy (non-hydrogen) atoms. The van der Waals surface area contributed by atoms with Gasteiger partial charge in [-0.1, -0.05) is 16.1 Å². The van der Waals surface area contributed by atoms with Crippen LogP contribution in [0.15, 0.2) is 5.57 Å². The standard InChI is InChI=1S/C12H15NO2S2/c1-7-5-17(12(14)15-4)6-10(7)11-13-8(2)9(3)16-11/h6H,5H2,1-4H3. The first-order chi connectivity index (χ1) is 8.02. The summed E-state index contributed by atoms with van der Waals surface area (Å²) in [6, 6.07) is 0. The quantitative estimate of drug-likeness (QED) is 0.579. The number of nitrogens with zero attached hydrogens (tertiary/aromatic N) is 1. The van der Waals surface area contributed by atoms with Gasteiger partial charge in [0, 0.05) is 16.2 Å². The van der Waals surface area contributed by atoms with Gasteiger partial charge in [0.15, 0.2) is 0 Å². The summed E-state index contributed by atoms with van der Waals surface area (Å²) < 4.78 is 4.79. The summed E-state index contributed by atoms with van der Waals surface area (Å²) in [5.41, 5.74) is 3.43. The molecule has 0 aromatic carbocycles. The molecule has 0 saturated heterocycles. The van der Waals surface area contributed by atoms with Crippen molar-refractivity contribution in [1.29, 1.82) is 0 Å². The fourth-order valence-electron chi connectivity index (χ4n) is 1.63. The van der Waals surface area contributed by atoms with Crippen LogP contribution in [-0.4, -0.2) is 28.5 Å². The molecule has 0 saturated carbocycles. The number of methoxy groups -OCH3 is 1. The Bertz CT molecular complexity index is 521. The monoisotopic (exact) mass is 269 g/mol. The van der Waals surface area contributed by atoms with Gasteiger partial charge in [-0.05, 0) is 26.1 Å². The van der Waals surface area contributed by atoms with Crippen molar-refractivity contribution in [2.75, 3.05) is 12.9 Å². The summed E-state index contributed by atoms with van der Waals surface area (Å²) in [5.74, 6) is 0.777. The van der Waals surface area contributed by atoms with Crippen LogP contribution in [0.5, 0.6) is 0 Å². The van der Waals surface area contributed by atoms with Crippen LogP contribution in [0.1, 0.15) is 22.5 Å². The van der Waals surface area contributed by atoms with Gasteiger partial charge in [-0.3, -0.25) is 0 Å². The van der Waals surface area contributed by atoms with E-state index in [-0.39, 0.29) is 5.30 Å². The van der Waals surface area contributed by atoms with Crippen LogP contribution in [0, 0.1) is 13.8 Å². The van der Waals surface area contributed by atoms with E-state index in [0.29, 0.717) is 0 Å². The molecule has 0 N–H and O–H groups in total. The molecule has 1 atom stereocenters. The van der Waals surface area contributed by atoms with Gasteiger partial charge in [-0.15, -0.1) is 11.3 Å². The molecule has 0 spiro atoms. The van der Waals surface area contributed by atoms with Gasteiger partial charge in [-0.25, -0.2) is 9.78 Å². The number of thiazole rings is 1. The van der Waals surface area contributed by atoms with Crippen molar-refractivity contribution in [3.8, 4) is 0 Å². The highest BCUT2D eigenvalue weighted by Crippen LogP contribution is 2.35. The third-order valence-electron chi connectivity index (χ3n) is 2.73. The van der Waals surface area contributed by atoms with Gasteiger partial charge in [0.25, 0.3) is 0 Å². The van der Waals surface area contributed by atoms with E-state index in [4.69, 9.17) is 4.74 Å². The van der Waals surface area contributed by atoms with Gasteiger partial charge in [0.1, 0.15) is 5.01 Å². The van der Waals surface area contributed by atoms with Gasteiger partial charge >= 0.3 is 5.30 Å². The molecule has 92 valence electrons. The zero-order valence-electron chi connectivity index (χ0n) is 10.4. The topological polar surface area (TPSA) is 39.2 Å². The Morgan fingerprint density at radius 1 is 1.47 bits per heavy atom. The molecule has 1 aliphatic rings. The molecular weight excluding hydrogens is 254 g/mol. The third kappa shape index (κ3) is 2.35. The zero-order chi connectivity index (χ0) is 12.6. The van der Waals surface area contributed by atoms with E-state index < -0.39 is 10.5 Å². The minimum absolute atomic E-state index is 0.135. The molecule has 0 bridgehead atoms. The second-order valence-electron chi connectivity index (χ2n) is 4.00. The molecule has 1 aromatic heterocycles. The molecule has 5 heteroatoms. The largest absolute Gasteiger partial charge is 0.461 e. The van der Waals surface area contributed by atoms with Gasteiger partial charge in [0.05, 0.1) is 12.8 Å². The number of rotatable bonds is 1. The Morgan fingerprint density at radius 3 is 2.71 bits per heavy atom. The maximum atomic E-state index is 11.5. The Labute approximate surface area is 107 Å².